The van der Waals surface area contributed by atoms with Crippen LogP contribution in [-0.2, 0) is 0 Å². The van der Waals surface area contributed by atoms with Gasteiger partial charge in [-0.25, -0.2) is 0 Å². The highest BCUT2D eigenvalue weighted by atomic mass is 16.2. The maximum atomic E-state index is 7.00. The van der Waals surface area contributed by atoms with Crippen LogP contribution in [0, 0.1) is 0 Å². The monoisotopic (exact) mass is 156 g/mol. The minimum absolute atomic E-state index is 1.00. The van der Waals surface area contributed by atoms with Crippen molar-refractivity contribution in [3.63, 3.8) is 0 Å². The molecular weight excluding hydrogens is 136 g/mol. The van der Waals surface area contributed by atoms with Gasteiger partial charge in [0.1, 0.15) is 0 Å². The Bertz CT molecular complexity index is 101. The quantitative estimate of drug-likeness (QED) is 0.609. The first-order valence-corrected chi connectivity index (χ1v) is 3.67. The molecule has 0 rings (SSSR count). The van der Waals surface area contributed by atoms with Crippen molar-refractivity contribution in [2.75, 3.05) is 7.11 Å². The Balaban J connectivity index is -0.000000138. The van der Waals surface area contributed by atoms with Crippen molar-refractivity contribution in [3.8, 4) is 0 Å². The van der Waals surface area contributed by atoms with E-state index in [1.54, 1.807) is 12.2 Å². The lowest BCUT2D eigenvalue weighted by Crippen LogP contribution is -1.58. The highest BCUT2D eigenvalue weighted by molar-refractivity contribution is 5.17. The van der Waals surface area contributed by atoms with Gasteiger partial charge in [-0.05, 0) is 6.92 Å². The molecule has 1 N–H and O–H groups in total. The number of aliphatic hydroxyl groups excluding tert-OH is 1. The van der Waals surface area contributed by atoms with Crippen molar-refractivity contribution in [1.29, 1.82) is 0 Å². The number of hydrogen-bond acceptors (Lipinski definition) is 1. The van der Waals surface area contributed by atoms with Crippen LogP contribution in [0.3, 0.4) is 0 Å². The van der Waals surface area contributed by atoms with Crippen molar-refractivity contribution < 1.29 is 5.11 Å². The van der Waals surface area contributed by atoms with E-state index in [0.29, 0.717) is 0 Å². The zero-order chi connectivity index (χ0) is 9.70. The molecule has 0 radical (unpaired) electrons. The predicted octanol–water partition coefficient (Wildman–Crippen LogP) is 2.94. The third-order valence-corrected chi connectivity index (χ3v) is 0.703. The molecule has 1 nitrogen and oxygen atoms in total. The van der Waals surface area contributed by atoms with Crippen LogP contribution in [0.15, 0.2) is 37.0 Å². The van der Waals surface area contributed by atoms with Crippen LogP contribution in [0.2, 0.25) is 0 Å². The van der Waals surface area contributed by atoms with E-state index in [0.717, 1.165) is 12.7 Å². The van der Waals surface area contributed by atoms with Crippen LogP contribution in [0.1, 0.15) is 20.8 Å². The van der Waals surface area contributed by atoms with Crippen molar-refractivity contribution in [1.82, 2.24) is 0 Å². The summed E-state index contributed by atoms with van der Waals surface area (Å²) in [5.74, 6) is 0. The average molecular weight is 156 g/mol. The molecule has 0 aromatic rings. The standard InChI is InChI=1S/C7H10.C2H6.CH4O/c1-4-6-7(3)5-2;2*1-2/h4-6H,1-2H2,3H3;1-2H3;2H,1H3/b7-6-;;. The minimum Gasteiger partial charge on any atom is -0.400 e. The molecule has 11 heavy (non-hydrogen) atoms. The van der Waals surface area contributed by atoms with Gasteiger partial charge in [-0.3, -0.25) is 0 Å². The topological polar surface area (TPSA) is 20.2 Å². The van der Waals surface area contributed by atoms with Crippen molar-refractivity contribution in [3.05, 3.63) is 37.0 Å². The Morgan fingerprint density at radius 2 is 1.55 bits per heavy atom. The number of rotatable bonds is 2. The van der Waals surface area contributed by atoms with E-state index in [4.69, 9.17) is 5.11 Å². The summed E-state index contributed by atoms with van der Waals surface area (Å²) in [5, 5.41) is 7.00. The Morgan fingerprint density at radius 3 is 1.64 bits per heavy atom. The summed E-state index contributed by atoms with van der Waals surface area (Å²) in [7, 11) is 1.00. The van der Waals surface area contributed by atoms with Crippen LogP contribution in [0.5, 0.6) is 0 Å². The minimum atomic E-state index is 1.00. The van der Waals surface area contributed by atoms with Gasteiger partial charge in [-0.1, -0.05) is 50.8 Å². The Labute approximate surface area is 70.8 Å². The first-order chi connectivity index (χ1) is 5.31. The SMILES string of the molecule is C=C/C=C(/C)C=C.CC.CO. The maximum Gasteiger partial charge on any atom is 0.0319 e. The molecule has 0 bridgehead atoms. The van der Waals surface area contributed by atoms with E-state index < -0.39 is 0 Å². The number of hydrogen-bond donors (Lipinski definition) is 1. The summed E-state index contributed by atoms with van der Waals surface area (Å²) < 4.78 is 0. The van der Waals surface area contributed by atoms with Gasteiger partial charge >= 0.3 is 0 Å². The fourth-order valence-electron chi connectivity index (χ4n) is 0.254. The summed E-state index contributed by atoms with van der Waals surface area (Å²) in [4.78, 5) is 0. The van der Waals surface area contributed by atoms with Crippen LogP contribution >= 0.6 is 0 Å². The van der Waals surface area contributed by atoms with E-state index in [1.165, 1.54) is 0 Å². The average Bonchev–Trinajstić information content (AvgIpc) is 2.12. The van der Waals surface area contributed by atoms with Gasteiger partial charge in [0.15, 0.2) is 0 Å². The third kappa shape index (κ3) is 27.1. The Hall–Kier alpha value is -0.820. The van der Waals surface area contributed by atoms with E-state index in [2.05, 4.69) is 13.2 Å². The first kappa shape index (κ1) is 16.6. The van der Waals surface area contributed by atoms with Crippen LogP contribution in [-0.4, -0.2) is 12.2 Å². The molecule has 0 amide bonds. The lowest BCUT2D eigenvalue weighted by atomic mass is 10.3. The lowest BCUT2D eigenvalue weighted by Gasteiger charge is -1.80. The fourth-order valence-corrected chi connectivity index (χ4v) is 0.254. The molecule has 0 aliphatic heterocycles. The molecule has 1 heteroatoms. The first-order valence-electron chi connectivity index (χ1n) is 3.67. The van der Waals surface area contributed by atoms with E-state index >= 15 is 0 Å². The summed E-state index contributed by atoms with van der Waals surface area (Å²) in [6, 6.07) is 0. The van der Waals surface area contributed by atoms with Gasteiger partial charge in [0.05, 0.1) is 0 Å². The predicted molar refractivity (Wildman–Crippen MR) is 53.6 cm³/mol. The molecule has 0 atom stereocenters. The normalized spacial score (nSPS) is 7.91. The van der Waals surface area contributed by atoms with Crippen molar-refractivity contribution >= 4 is 0 Å². The van der Waals surface area contributed by atoms with E-state index in [1.807, 2.05) is 26.8 Å². The smallest absolute Gasteiger partial charge is 0.0319 e. The van der Waals surface area contributed by atoms with Gasteiger partial charge in [-0.2, -0.15) is 0 Å². The molecule has 0 aliphatic carbocycles. The van der Waals surface area contributed by atoms with Crippen LogP contribution < -0.4 is 0 Å². The zero-order valence-electron chi connectivity index (χ0n) is 8.09. The largest absolute Gasteiger partial charge is 0.400 e. The highest BCUT2D eigenvalue weighted by Crippen LogP contribution is 1.90. The molecule has 0 aromatic heterocycles. The molecule has 0 saturated carbocycles. The molecule has 66 valence electrons. The second kappa shape index (κ2) is 22.9. The number of aliphatic hydroxyl groups is 1. The van der Waals surface area contributed by atoms with Gasteiger partial charge in [0.2, 0.25) is 0 Å². The fraction of sp³-hybridized carbons (Fsp3) is 0.400. The van der Waals surface area contributed by atoms with Gasteiger partial charge in [0, 0.05) is 7.11 Å². The summed E-state index contributed by atoms with van der Waals surface area (Å²) in [6.07, 6.45) is 5.45. The molecule has 0 aliphatic rings. The molecule has 0 fully saturated rings. The Kier molecular flexibility index (Phi) is 34.6. The van der Waals surface area contributed by atoms with Gasteiger partial charge in [-0.15, -0.1) is 0 Å². The van der Waals surface area contributed by atoms with Crippen LogP contribution in [0.4, 0.5) is 0 Å². The molecule has 0 spiro atoms. The molecule has 0 heterocycles. The third-order valence-electron chi connectivity index (χ3n) is 0.703. The molecule has 0 aromatic carbocycles. The summed E-state index contributed by atoms with van der Waals surface area (Å²) in [5.41, 5.74) is 1.15. The molecule has 0 unspecified atom stereocenters. The van der Waals surface area contributed by atoms with E-state index in [-0.39, 0.29) is 0 Å². The lowest BCUT2D eigenvalue weighted by molar-refractivity contribution is 0.399. The maximum absolute atomic E-state index is 7.00. The molecular formula is C10H20O. The molecule has 0 saturated heterocycles. The zero-order valence-corrected chi connectivity index (χ0v) is 8.09. The van der Waals surface area contributed by atoms with Gasteiger partial charge in [0.25, 0.3) is 0 Å². The number of allylic oxidation sites excluding steroid dienone is 4. The van der Waals surface area contributed by atoms with E-state index in [9.17, 15) is 0 Å². The van der Waals surface area contributed by atoms with Crippen LogP contribution in [0.25, 0.3) is 0 Å². The summed E-state index contributed by atoms with van der Waals surface area (Å²) in [6.45, 7) is 13.1. The van der Waals surface area contributed by atoms with Crippen molar-refractivity contribution in [2.45, 2.75) is 20.8 Å². The second-order valence-corrected chi connectivity index (χ2v) is 1.35. The highest BCUT2D eigenvalue weighted by Gasteiger charge is 1.68. The van der Waals surface area contributed by atoms with Gasteiger partial charge < -0.3 is 5.11 Å². The Morgan fingerprint density at radius 1 is 1.18 bits per heavy atom. The summed E-state index contributed by atoms with van der Waals surface area (Å²) >= 11 is 0. The van der Waals surface area contributed by atoms with Crippen molar-refractivity contribution in [2.24, 2.45) is 0 Å². The second-order valence-electron chi connectivity index (χ2n) is 1.35.